The number of aromatic nitrogens is 1. The van der Waals surface area contributed by atoms with Crippen molar-refractivity contribution in [2.24, 2.45) is 5.92 Å². The third-order valence-corrected chi connectivity index (χ3v) is 6.86. The number of rotatable bonds is 6. The summed E-state index contributed by atoms with van der Waals surface area (Å²) in [6.45, 7) is 4.07. The quantitative estimate of drug-likeness (QED) is 0.743. The molecule has 1 fully saturated rings. The maximum Gasteiger partial charge on any atom is 0.235 e. The molecule has 10 heteroatoms. The molecule has 3 rings (SSSR count). The van der Waals surface area contributed by atoms with Gasteiger partial charge in [0, 0.05) is 23.5 Å². The lowest BCUT2D eigenvalue weighted by atomic mass is 10.2. The second-order valence-electron chi connectivity index (χ2n) is 6.80. The summed E-state index contributed by atoms with van der Waals surface area (Å²) in [6.07, 6.45) is 0.699. The van der Waals surface area contributed by atoms with Crippen LogP contribution in [-0.2, 0) is 26.0 Å². The van der Waals surface area contributed by atoms with Crippen LogP contribution in [0.3, 0.4) is 0 Å². The number of benzene rings is 1. The van der Waals surface area contributed by atoms with Gasteiger partial charge in [0.1, 0.15) is 0 Å². The van der Waals surface area contributed by atoms with Gasteiger partial charge in [-0.2, -0.15) is 0 Å². The molecule has 0 atom stereocenters. The second-order valence-corrected chi connectivity index (χ2v) is 9.67. The molecule has 2 aromatic rings. The molecule has 2 heterocycles. The number of amides is 2. The van der Waals surface area contributed by atoms with Crippen LogP contribution in [0.2, 0.25) is 0 Å². The molecule has 2 N–H and O–H groups in total. The summed E-state index contributed by atoms with van der Waals surface area (Å²) in [5.74, 6) is -0.341. The lowest BCUT2D eigenvalue weighted by Gasteiger charge is -2.17. The Labute approximate surface area is 168 Å². The normalized spacial score (nSPS) is 15.6. The number of carbonyl (C=O) groups is 2. The van der Waals surface area contributed by atoms with Crippen molar-refractivity contribution in [3.63, 3.8) is 0 Å². The summed E-state index contributed by atoms with van der Waals surface area (Å²) >= 11 is 1.27. The first kappa shape index (κ1) is 20.3. The van der Waals surface area contributed by atoms with Crippen LogP contribution in [0.25, 0.3) is 0 Å². The van der Waals surface area contributed by atoms with Crippen molar-refractivity contribution in [3.05, 3.63) is 35.3 Å². The highest BCUT2D eigenvalue weighted by Crippen LogP contribution is 2.25. The Hall–Kier alpha value is -2.46. The van der Waals surface area contributed by atoms with Gasteiger partial charge in [-0.05, 0) is 30.7 Å². The van der Waals surface area contributed by atoms with E-state index >= 15 is 0 Å². The average molecular weight is 423 g/mol. The van der Waals surface area contributed by atoms with E-state index in [-0.39, 0.29) is 29.9 Å². The van der Waals surface area contributed by atoms with Crippen LogP contribution in [0.5, 0.6) is 0 Å². The summed E-state index contributed by atoms with van der Waals surface area (Å²) in [5.41, 5.74) is 1.75. The highest BCUT2D eigenvalue weighted by Gasteiger charge is 2.28. The van der Waals surface area contributed by atoms with Crippen molar-refractivity contribution in [1.82, 2.24) is 4.98 Å². The largest absolute Gasteiger partial charge is 0.326 e. The molecule has 0 unspecified atom stereocenters. The minimum atomic E-state index is -3.22. The zero-order valence-electron chi connectivity index (χ0n) is 15.6. The van der Waals surface area contributed by atoms with Gasteiger partial charge in [-0.15, -0.1) is 11.3 Å². The Bertz CT molecular complexity index is 968. The van der Waals surface area contributed by atoms with Gasteiger partial charge in [0.15, 0.2) is 5.13 Å². The van der Waals surface area contributed by atoms with Crippen LogP contribution in [0.15, 0.2) is 29.6 Å². The number of nitrogens with zero attached hydrogens (tertiary/aromatic N) is 2. The average Bonchev–Trinajstić information content (AvgIpc) is 3.21. The molecular formula is C18H22N4O4S2. The van der Waals surface area contributed by atoms with Crippen molar-refractivity contribution in [2.45, 2.75) is 26.7 Å². The van der Waals surface area contributed by atoms with Gasteiger partial charge < -0.3 is 10.6 Å². The number of hydrogen-bond acceptors (Lipinski definition) is 6. The maximum atomic E-state index is 12.2. The summed E-state index contributed by atoms with van der Waals surface area (Å²) in [6, 6.07) is 6.72. The SMILES string of the molecule is CC(C)C(=O)Nc1nc(CC(=O)Nc2ccc(N3CCCS3(=O)=O)cc2)cs1. The molecule has 8 nitrogen and oxygen atoms in total. The number of nitrogens with one attached hydrogen (secondary N) is 2. The molecule has 0 aliphatic carbocycles. The van der Waals surface area contributed by atoms with E-state index in [0.717, 1.165) is 0 Å². The molecule has 1 aromatic heterocycles. The van der Waals surface area contributed by atoms with E-state index < -0.39 is 10.0 Å². The Morgan fingerprint density at radius 2 is 1.93 bits per heavy atom. The minimum Gasteiger partial charge on any atom is -0.326 e. The molecule has 150 valence electrons. The fourth-order valence-electron chi connectivity index (χ4n) is 2.71. The number of anilines is 3. The van der Waals surface area contributed by atoms with E-state index in [1.807, 2.05) is 0 Å². The number of hydrogen-bond donors (Lipinski definition) is 2. The minimum absolute atomic E-state index is 0.0797. The summed E-state index contributed by atoms with van der Waals surface area (Å²) in [5, 5.41) is 7.68. The lowest BCUT2D eigenvalue weighted by molar-refractivity contribution is -0.119. The van der Waals surface area contributed by atoms with E-state index in [0.29, 0.717) is 35.2 Å². The van der Waals surface area contributed by atoms with Crippen LogP contribution < -0.4 is 14.9 Å². The molecule has 0 radical (unpaired) electrons. The molecule has 0 spiro atoms. The van der Waals surface area contributed by atoms with Crippen molar-refractivity contribution >= 4 is 49.7 Å². The van der Waals surface area contributed by atoms with Crippen LogP contribution >= 0.6 is 11.3 Å². The van der Waals surface area contributed by atoms with Crippen LogP contribution in [0, 0.1) is 5.92 Å². The maximum absolute atomic E-state index is 12.2. The zero-order chi connectivity index (χ0) is 20.3. The summed E-state index contributed by atoms with van der Waals surface area (Å²) < 4.78 is 25.3. The molecule has 1 saturated heterocycles. The number of carbonyl (C=O) groups excluding carboxylic acids is 2. The third-order valence-electron chi connectivity index (χ3n) is 4.19. The predicted molar refractivity (Wildman–Crippen MR) is 110 cm³/mol. The Balaban J connectivity index is 1.57. The zero-order valence-corrected chi connectivity index (χ0v) is 17.3. The Kier molecular flexibility index (Phi) is 5.99. The highest BCUT2D eigenvalue weighted by molar-refractivity contribution is 7.93. The molecule has 0 saturated carbocycles. The van der Waals surface area contributed by atoms with Gasteiger partial charge in [0.2, 0.25) is 21.8 Å². The van der Waals surface area contributed by atoms with Crippen LogP contribution in [-0.4, -0.2) is 37.5 Å². The van der Waals surface area contributed by atoms with E-state index in [1.165, 1.54) is 15.6 Å². The van der Waals surface area contributed by atoms with Gasteiger partial charge in [-0.3, -0.25) is 13.9 Å². The van der Waals surface area contributed by atoms with Gasteiger partial charge in [-0.25, -0.2) is 13.4 Å². The topological polar surface area (TPSA) is 108 Å². The molecular weight excluding hydrogens is 400 g/mol. The van der Waals surface area contributed by atoms with Crippen molar-refractivity contribution < 1.29 is 18.0 Å². The summed E-state index contributed by atoms with van der Waals surface area (Å²) in [4.78, 5) is 28.2. The Morgan fingerprint density at radius 3 is 2.54 bits per heavy atom. The first-order chi connectivity index (χ1) is 13.2. The predicted octanol–water partition coefficient (Wildman–Crippen LogP) is 2.46. The van der Waals surface area contributed by atoms with E-state index in [9.17, 15) is 18.0 Å². The van der Waals surface area contributed by atoms with Crippen molar-refractivity contribution in [1.29, 1.82) is 0 Å². The van der Waals surface area contributed by atoms with Gasteiger partial charge in [0.25, 0.3) is 0 Å². The second kappa shape index (κ2) is 8.27. The van der Waals surface area contributed by atoms with Crippen LogP contribution in [0.1, 0.15) is 26.0 Å². The standard InChI is InChI=1S/C18H22N4O4S2/c1-12(2)17(24)21-18-20-14(11-27-18)10-16(23)19-13-4-6-15(7-5-13)22-8-3-9-28(22,25)26/h4-7,11-12H,3,8-10H2,1-2H3,(H,19,23)(H,20,21,24). The van der Waals surface area contributed by atoms with Crippen molar-refractivity contribution in [2.75, 3.05) is 27.2 Å². The summed E-state index contributed by atoms with van der Waals surface area (Å²) in [7, 11) is -3.22. The molecule has 1 aromatic carbocycles. The molecule has 1 aliphatic heterocycles. The van der Waals surface area contributed by atoms with E-state index in [1.54, 1.807) is 43.5 Å². The molecule has 2 amide bonds. The fourth-order valence-corrected chi connectivity index (χ4v) is 4.98. The van der Waals surface area contributed by atoms with Gasteiger partial charge >= 0.3 is 0 Å². The van der Waals surface area contributed by atoms with Gasteiger partial charge in [0.05, 0.1) is 23.6 Å². The number of sulfonamides is 1. The van der Waals surface area contributed by atoms with Gasteiger partial charge in [-0.1, -0.05) is 13.8 Å². The van der Waals surface area contributed by atoms with E-state index in [4.69, 9.17) is 0 Å². The molecule has 1 aliphatic rings. The van der Waals surface area contributed by atoms with Crippen LogP contribution in [0.4, 0.5) is 16.5 Å². The molecule has 28 heavy (non-hydrogen) atoms. The first-order valence-corrected chi connectivity index (χ1v) is 11.4. The number of thiazole rings is 1. The first-order valence-electron chi connectivity index (χ1n) is 8.90. The molecule has 0 bridgehead atoms. The smallest absolute Gasteiger partial charge is 0.235 e. The lowest BCUT2D eigenvalue weighted by Crippen LogP contribution is -2.25. The fraction of sp³-hybridized carbons (Fsp3) is 0.389. The Morgan fingerprint density at radius 1 is 1.21 bits per heavy atom. The third kappa shape index (κ3) is 4.87. The highest BCUT2D eigenvalue weighted by atomic mass is 32.2. The van der Waals surface area contributed by atoms with Crippen molar-refractivity contribution in [3.8, 4) is 0 Å². The van der Waals surface area contributed by atoms with E-state index in [2.05, 4.69) is 15.6 Å². The monoisotopic (exact) mass is 422 g/mol.